The van der Waals surface area contributed by atoms with Gasteiger partial charge in [0.2, 0.25) is 5.91 Å². The summed E-state index contributed by atoms with van der Waals surface area (Å²) in [6.45, 7) is 2.13. The molecule has 0 saturated heterocycles. The second-order valence-electron chi connectivity index (χ2n) is 3.49. The molecule has 0 aliphatic rings. The number of methoxy groups -OCH3 is 1. The Bertz CT molecular complexity index is 558. The van der Waals surface area contributed by atoms with Crippen LogP contribution in [0.5, 0.6) is 5.75 Å². The van der Waals surface area contributed by atoms with Crippen molar-refractivity contribution in [3.63, 3.8) is 0 Å². The minimum atomic E-state index is -3.90. The van der Waals surface area contributed by atoms with E-state index in [1.807, 2.05) is 0 Å². The molecule has 1 rings (SSSR count). The number of hydrogen-bond donors (Lipinski definition) is 1. The van der Waals surface area contributed by atoms with E-state index in [4.69, 9.17) is 20.2 Å². The van der Waals surface area contributed by atoms with Crippen LogP contribution in [0.1, 0.15) is 6.92 Å². The van der Waals surface area contributed by atoms with Gasteiger partial charge in [-0.2, -0.15) is 0 Å². The lowest BCUT2D eigenvalue weighted by molar-refractivity contribution is -0.120. The number of carbonyl (C=O) groups is 1. The van der Waals surface area contributed by atoms with Gasteiger partial charge in [0.25, 0.3) is 9.05 Å². The van der Waals surface area contributed by atoms with E-state index in [9.17, 15) is 13.2 Å². The van der Waals surface area contributed by atoms with Gasteiger partial charge in [0.05, 0.1) is 7.11 Å². The number of nitrogens with one attached hydrogen (secondary N) is 1. The van der Waals surface area contributed by atoms with Crippen molar-refractivity contribution in [3.8, 4) is 5.75 Å². The zero-order chi connectivity index (χ0) is 14.5. The molecular weight excluding hydrogens is 294 g/mol. The lowest BCUT2D eigenvalue weighted by Gasteiger charge is -2.09. The topological polar surface area (TPSA) is 81.7 Å². The Morgan fingerprint density at radius 2 is 2.11 bits per heavy atom. The van der Waals surface area contributed by atoms with E-state index in [1.165, 1.54) is 25.3 Å². The molecule has 0 bridgehead atoms. The first-order valence-corrected chi connectivity index (χ1v) is 7.69. The highest BCUT2D eigenvalue weighted by Gasteiger charge is 2.17. The van der Waals surface area contributed by atoms with Crippen molar-refractivity contribution in [3.05, 3.63) is 18.2 Å². The van der Waals surface area contributed by atoms with Gasteiger partial charge >= 0.3 is 0 Å². The molecule has 0 spiro atoms. The van der Waals surface area contributed by atoms with Crippen molar-refractivity contribution in [1.82, 2.24) is 0 Å². The molecule has 0 unspecified atom stereocenters. The summed E-state index contributed by atoms with van der Waals surface area (Å²) in [6, 6.07) is 4.05. The third-order valence-electron chi connectivity index (χ3n) is 2.15. The van der Waals surface area contributed by atoms with Gasteiger partial charge in [0.1, 0.15) is 17.3 Å². The summed E-state index contributed by atoms with van der Waals surface area (Å²) in [5.41, 5.74) is 0.394. The summed E-state index contributed by atoms with van der Waals surface area (Å²) in [5.74, 6) is -0.283. The highest BCUT2D eigenvalue weighted by molar-refractivity contribution is 8.13. The maximum Gasteiger partial charge on any atom is 0.264 e. The molecule has 1 N–H and O–H groups in total. The van der Waals surface area contributed by atoms with Crippen LogP contribution in [0.25, 0.3) is 0 Å². The zero-order valence-corrected chi connectivity index (χ0v) is 12.0. The van der Waals surface area contributed by atoms with Gasteiger partial charge < -0.3 is 14.8 Å². The molecule has 0 heterocycles. The summed E-state index contributed by atoms with van der Waals surface area (Å²) in [5, 5.41) is 2.55. The Labute approximate surface area is 116 Å². The summed E-state index contributed by atoms with van der Waals surface area (Å²) >= 11 is 0. The first-order valence-electron chi connectivity index (χ1n) is 5.38. The van der Waals surface area contributed by atoms with Crippen LogP contribution >= 0.6 is 10.7 Å². The molecule has 106 valence electrons. The Morgan fingerprint density at radius 1 is 1.42 bits per heavy atom. The van der Waals surface area contributed by atoms with Crippen molar-refractivity contribution >= 4 is 31.3 Å². The highest BCUT2D eigenvalue weighted by atomic mass is 35.7. The molecule has 0 aliphatic heterocycles. The Hall–Kier alpha value is -1.31. The fraction of sp³-hybridized carbons (Fsp3) is 0.364. The van der Waals surface area contributed by atoms with Crippen molar-refractivity contribution < 1.29 is 22.7 Å². The average Bonchev–Trinajstić information content (AvgIpc) is 2.34. The standard InChI is InChI=1S/C11H14ClNO5S/c1-3-18-7-11(14)13-8-4-5-10(19(12,15)16)9(6-8)17-2/h4-6H,3,7H2,1-2H3,(H,13,14). The van der Waals surface area contributed by atoms with Gasteiger partial charge in [-0.3, -0.25) is 4.79 Å². The summed E-state index contributed by atoms with van der Waals surface area (Å²) in [6.07, 6.45) is 0. The Morgan fingerprint density at radius 3 is 2.63 bits per heavy atom. The van der Waals surface area contributed by atoms with Gasteiger partial charge in [0, 0.05) is 29.0 Å². The number of hydrogen-bond acceptors (Lipinski definition) is 5. The molecule has 0 fully saturated rings. The average molecular weight is 308 g/mol. The molecule has 19 heavy (non-hydrogen) atoms. The molecule has 0 saturated carbocycles. The summed E-state index contributed by atoms with van der Waals surface area (Å²) < 4.78 is 32.4. The van der Waals surface area contributed by atoms with Crippen LogP contribution < -0.4 is 10.1 Å². The van der Waals surface area contributed by atoms with Crippen LogP contribution in [-0.2, 0) is 18.6 Å². The minimum absolute atomic E-state index is 0.0595. The van der Waals surface area contributed by atoms with Crippen molar-refractivity contribution in [2.24, 2.45) is 0 Å². The van der Waals surface area contributed by atoms with E-state index in [0.29, 0.717) is 12.3 Å². The van der Waals surface area contributed by atoms with Gasteiger partial charge in [-0.1, -0.05) is 0 Å². The SMILES string of the molecule is CCOCC(=O)Nc1ccc(S(=O)(=O)Cl)c(OC)c1. The maximum atomic E-state index is 11.4. The summed E-state index contributed by atoms with van der Waals surface area (Å²) in [4.78, 5) is 11.3. The van der Waals surface area contributed by atoms with Crippen LogP contribution in [0, 0.1) is 0 Å². The molecule has 0 aliphatic carbocycles. The third kappa shape index (κ3) is 4.70. The predicted molar refractivity (Wildman–Crippen MR) is 71.2 cm³/mol. The molecule has 0 aromatic heterocycles. The monoisotopic (exact) mass is 307 g/mol. The zero-order valence-electron chi connectivity index (χ0n) is 10.5. The van der Waals surface area contributed by atoms with Gasteiger partial charge in [-0.15, -0.1) is 0 Å². The Kier molecular flexibility index (Phi) is 5.59. The third-order valence-corrected chi connectivity index (χ3v) is 3.51. The predicted octanol–water partition coefficient (Wildman–Crippen LogP) is 1.60. The van der Waals surface area contributed by atoms with Crippen LogP contribution in [0.3, 0.4) is 0 Å². The van der Waals surface area contributed by atoms with Crippen molar-refractivity contribution in [2.75, 3.05) is 25.6 Å². The minimum Gasteiger partial charge on any atom is -0.495 e. The molecule has 8 heteroatoms. The molecular formula is C11H14ClNO5S. The van der Waals surface area contributed by atoms with Crippen LogP contribution in [0.15, 0.2) is 23.1 Å². The first-order chi connectivity index (χ1) is 8.88. The maximum absolute atomic E-state index is 11.4. The van der Waals surface area contributed by atoms with E-state index in [1.54, 1.807) is 6.92 Å². The fourth-order valence-corrected chi connectivity index (χ4v) is 2.33. The van der Waals surface area contributed by atoms with Crippen LogP contribution in [0.2, 0.25) is 0 Å². The molecule has 0 atom stereocenters. The van der Waals surface area contributed by atoms with Crippen LogP contribution in [0.4, 0.5) is 5.69 Å². The van der Waals surface area contributed by atoms with E-state index in [0.717, 1.165) is 0 Å². The largest absolute Gasteiger partial charge is 0.495 e. The van der Waals surface area contributed by atoms with E-state index < -0.39 is 9.05 Å². The number of ether oxygens (including phenoxy) is 2. The lowest BCUT2D eigenvalue weighted by Crippen LogP contribution is -2.18. The molecule has 0 radical (unpaired) electrons. The smallest absolute Gasteiger partial charge is 0.264 e. The molecule has 1 aromatic rings. The molecule has 1 amide bonds. The first kappa shape index (κ1) is 15.7. The second-order valence-corrected chi connectivity index (χ2v) is 6.02. The van der Waals surface area contributed by atoms with E-state index >= 15 is 0 Å². The number of rotatable bonds is 6. The van der Waals surface area contributed by atoms with Gasteiger partial charge in [0.15, 0.2) is 0 Å². The summed E-state index contributed by atoms with van der Waals surface area (Å²) in [7, 11) is 2.67. The Balaban J connectivity index is 2.92. The molecule has 6 nitrogen and oxygen atoms in total. The molecule has 1 aromatic carbocycles. The number of amides is 1. The van der Waals surface area contributed by atoms with Crippen molar-refractivity contribution in [2.45, 2.75) is 11.8 Å². The number of halogens is 1. The lowest BCUT2D eigenvalue weighted by atomic mass is 10.3. The second kappa shape index (κ2) is 6.74. The van der Waals surface area contributed by atoms with Gasteiger partial charge in [-0.25, -0.2) is 8.42 Å². The van der Waals surface area contributed by atoms with Gasteiger partial charge in [-0.05, 0) is 19.1 Å². The van der Waals surface area contributed by atoms with E-state index in [-0.39, 0.29) is 23.2 Å². The fourth-order valence-electron chi connectivity index (χ4n) is 1.34. The van der Waals surface area contributed by atoms with E-state index in [2.05, 4.69) is 5.32 Å². The highest BCUT2D eigenvalue weighted by Crippen LogP contribution is 2.29. The normalized spacial score (nSPS) is 11.1. The number of anilines is 1. The number of benzene rings is 1. The van der Waals surface area contributed by atoms with Crippen LogP contribution in [-0.4, -0.2) is 34.6 Å². The van der Waals surface area contributed by atoms with Crippen molar-refractivity contribution in [1.29, 1.82) is 0 Å². The quantitative estimate of drug-likeness (QED) is 0.807. The number of carbonyl (C=O) groups excluding carboxylic acids is 1.